The van der Waals surface area contributed by atoms with Crippen LogP contribution in [0.25, 0.3) is 0 Å². The predicted octanol–water partition coefficient (Wildman–Crippen LogP) is 2.44. The SMILES string of the molecule is CCN(CC)S(=O)(=O)c1ccc(OC)c(C(=O)N2CCCC(c3nc(C)no3)C2)c1. The lowest BCUT2D eigenvalue weighted by Gasteiger charge is -2.31. The van der Waals surface area contributed by atoms with Crippen LogP contribution >= 0.6 is 0 Å². The van der Waals surface area contributed by atoms with Crippen LogP contribution in [0.1, 0.15) is 54.7 Å². The number of benzene rings is 1. The third kappa shape index (κ3) is 4.34. The highest BCUT2D eigenvalue weighted by atomic mass is 32.2. The maximum Gasteiger partial charge on any atom is 0.257 e. The first-order valence-electron chi connectivity index (χ1n) is 10.1. The second kappa shape index (κ2) is 9.13. The van der Waals surface area contributed by atoms with Crippen molar-refractivity contribution in [2.45, 2.75) is 44.4 Å². The molecular weight excluding hydrogens is 408 g/mol. The number of sulfonamides is 1. The van der Waals surface area contributed by atoms with E-state index in [4.69, 9.17) is 9.26 Å². The number of aryl methyl sites for hydroxylation is 1. The molecule has 10 heteroatoms. The molecule has 1 aromatic carbocycles. The minimum absolute atomic E-state index is 0.0440. The molecule has 1 saturated heterocycles. The molecule has 0 saturated carbocycles. The highest BCUT2D eigenvalue weighted by molar-refractivity contribution is 7.89. The van der Waals surface area contributed by atoms with Crippen molar-refractivity contribution in [3.05, 3.63) is 35.5 Å². The number of hydrogen-bond acceptors (Lipinski definition) is 7. The van der Waals surface area contributed by atoms with Gasteiger partial charge in [0.1, 0.15) is 5.75 Å². The number of likely N-dealkylation sites (tertiary alicyclic amines) is 1. The summed E-state index contributed by atoms with van der Waals surface area (Å²) < 4.78 is 37.8. The molecule has 2 aromatic rings. The summed E-state index contributed by atoms with van der Waals surface area (Å²) in [4.78, 5) is 19.4. The Morgan fingerprint density at radius 1 is 1.33 bits per heavy atom. The summed E-state index contributed by atoms with van der Waals surface area (Å²) in [7, 11) is -2.23. The topological polar surface area (TPSA) is 106 Å². The van der Waals surface area contributed by atoms with Crippen molar-refractivity contribution in [3.63, 3.8) is 0 Å². The Kier molecular flexibility index (Phi) is 6.77. The van der Waals surface area contributed by atoms with Gasteiger partial charge in [-0.3, -0.25) is 4.79 Å². The van der Waals surface area contributed by atoms with Crippen molar-refractivity contribution in [1.29, 1.82) is 0 Å². The van der Waals surface area contributed by atoms with Crippen LogP contribution in [0.3, 0.4) is 0 Å². The summed E-state index contributed by atoms with van der Waals surface area (Å²) in [5, 5.41) is 3.84. The number of amides is 1. The van der Waals surface area contributed by atoms with E-state index < -0.39 is 10.0 Å². The Labute approximate surface area is 177 Å². The highest BCUT2D eigenvalue weighted by Crippen LogP contribution is 2.30. The number of rotatable bonds is 7. The molecule has 2 heterocycles. The molecule has 1 aromatic heterocycles. The Morgan fingerprint density at radius 3 is 2.67 bits per heavy atom. The van der Waals surface area contributed by atoms with E-state index in [1.54, 1.807) is 25.7 Å². The number of nitrogens with zero attached hydrogens (tertiary/aromatic N) is 4. The van der Waals surface area contributed by atoms with Crippen LogP contribution in [0, 0.1) is 6.92 Å². The Bertz CT molecular complexity index is 1000. The second-order valence-corrected chi connectivity index (χ2v) is 9.16. The molecule has 164 valence electrons. The largest absolute Gasteiger partial charge is 0.496 e. The van der Waals surface area contributed by atoms with E-state index in [1.165, 1.54) is 29.6 Å². The fraction of sp³-hybridized carbons (Fsp3) is 0.550. The van der Waals surface area contributed by atoms with Gasteiger partial charge >= 0.3 is 0 Å². The third-order valence-corrected chi connectivity index (χ3v) is 7.39. The lowest BCUT2D eigenvalue weighted by Crippen LogP contribution is -2.39. The molecule has 1 aliphatic rings. The molecule has 0 N–H and O–H groups in total. The maximum absolute atomic E-state index is 13.3. The number of piperidine rings is 1. The van der Waals surface area contributed by atoms with Gasteiger partial charge in [-0.25, -0.2) is 8.42 Å². The predicted molar refractivity (Wildman–Crippen MR) is 110 cm³/mol. The zero-order valence-electron chi connectivity index (χ0n) is 17.8. The van der Waals surface area contributed by atoms with Crippen LogP contribution < -0.4 is 4.74 Å². The molecule has 1 fully saturated rings. The maximum atomic E-state index is 13.3. The van der Waals surface area contributed by atoms with E-state index in [2.05, 4.69) is 10.1 Å². The zero-order valence-corrected chi connectivity index (χ0v) is 18.6. The van der Waals surface area contributed by atoms with Crippen molar-refractivity contribution in [2.24, 2.45) is 0 Å². The van der Waals surface area contributed by atoms with Crippen LogP contribution in [0.15, 0.2) is 27.6 Å². The lowest BCUT2D eigenvalue weighted by atomic mass is 9.97. The van der Waals surface area contributed by atoms with Crippen LogP contribution in [-0.2, 0) is 10.0 Å². The molecule has 0 aliphatic carbocycles. The van der Waals surface area contributed by atoms with E-state index >= 15 is 0 Å². The van der Waals surface area contributed by atoms with Gasteiger partial charge in [0.05, 0.1) is 23.5 Å². The van der Waals surface area contributed by atoms with E-state index in [1.807, 2.05) is 0 Å². The number of hydrogen-bond donors (Lipinski definition) is 0. The summed E-state index contributed by atoms with van der Waals surface area (Å²) in [6.07, 6.45) is 1.64. The van der Waals surface area contributed by atoms with Gasteiger partial charge in [-0.2, -0.15) is 9.29 Å². The fourth-order valence-corrected chi connectivity index (χ4v) is 5.22. The van der Waals surface area contributed by atoms with Gasteiger partial charge in [0, 0.05) is 26.2 Å². The number of ether oxygens (including phenoxy) is 1. The normalized spacial score (nSPS) is 17.4. The quantitative estimate of drug-likeness (QED) is 0.656. The zero-order chi connectivity index (χ0) is 21.9. The third-order valence-electron chi connectivity index (χ3n) is 5.35. The fourth-order valence-electron chi connectivity index (χ4n) is 3.74. The van der Waals surface area contributed by atoms with E-state index in [0.717, 1.165) is 12.8 Å². The molecule has 0 spiro atoms. The van der Waals surface area contributed by atoms with E-state index in [-0.39, 0.29) is 22.3 Å². The smallest absolute Gasteiger partial charge is 0.257 e. The van der Waals surface area contributed by atoms with Gasteiger partial charge < -0.3 is 14.2 Å². The summed E-state index contributed by atoms with van der Waals surface area (Å²) in [5.41, 5.74) is 0.230. The number of carbonyl (C=O) groups is 1. The Balaban J connectivity index is 1.91. The summed E-state index contributed by atoms with van der Waals surface area (Å²) in [5.74, 6) is 1.11. The Hall–Kier alpha value is -2.46. The molecule has 0 radical (unpaired) electrons. The van der Waals surface area contributed by atoms with Gasteiger partial charge in [-0.1, -0.05) is 19.0 Å². The Morgan fingerprint density at radius 2 is 2.07 bits per heavy atom. The molecular formula is C20H28N4O5S. The van der Waals surface area contributed by atoms with Crippen molar-refractivity contribution >= 4 is 15.9 Å². The standard InChI is InChI=1S/C20H28N4O5S/c1-5-24(6-2)30(26,27)16-9-10-18(28-4)17(12-16)20(25)23-11-7-8-15(13-23)19-21-14(3)22-29-19/h9-10,12,15H,5-8,11,13H2,1-4H3. The van der Waals surface area contributed by atoms with Gasteiger partial charge in [-0.15, -0.1) is 0 Å². The number of methoxy groups -OCH3 is 1. The first-order chi connectivity index (χ1) is 14.3. The molecule has 3 rings (SSSR count). The highest BCUT2D eigenvalue weighted by Gasteiger charge is 2.31. The van der Waals surface area contributed by atoms with E-state index in [0.29, 0.717) is 43.6 Å². The van der Waals surface area contributed by atoms with Crippen LogP contribution in [0.4, 0.5) is 0 Å². The first kappa shape index (κ1) is 22.2. The van der Waals surface area contributed by atoms with Crippen LogP contribution in [0.5, 0.6) is 5.75 Å². The molecule has 0 bridgehead atoms. The molecule has 1 atom stereocenters. The lowest BCUT2D eigenvalue weighted by molar-refractivity contribution is 0.0692. The summed E-state index contributed by atoms with van der Waals surface area (Å²) in [6, 6.07) is 4.42. The van der Waals surface area contributed by atoms with Crippen molar-refractivity contribution in [1.82, 2.24) is 19.3 Å². The van der Waals surface area contributed by atoms with Gasteiger partial charge in [0.15, 0.2) is 5.82 Å². The van der Waals surface area contributed by atoms with Crippen LogP contribution in [0.2, 0.25) is 0 Å². The van der Waals surface area contributed by atoms with Crippen molar-refractivity contribution in [3.8, 4) is 5.75 Å². The monoisotopic (exact) mass is 436 g/mol. The average molecular weight is 437 g/mol. The van der Waals surface area contributed by atoms with Crippen molar-refractivity contribution < 1.29 is 22.5 Å². The van der Waals surface area contributed by atoms with Gasteiger partial charge in [0.25, 0.3) is 5.91 Å². The average Bonchev–Trinajstić information content (AvgIpc) is 3.20. The first-order valence-corrected chi connectivity index (χ1v) is 11.5. The minimum atomic E-state index is -3.69. The molecule has 1 amide bonds. The van der Waals surface area contributed by atoms with E-state index in [9.17, 15) is 13.2 Å². The molecule has 1 unspecified atom stereocenters. The molecule has 30 heavy (non-hydrogen) atoms. The minimum Gasteiger partial charge on any atom is -0.496 e. The molecule has 9 nitrogen and oxygen atoms in total. The number of carbonyl (C=O) groups excluding carboxylic acids is 1. The van der Waals surface area contributed by atoms with Gasteiger partial charge in [-0.05, 0) is 38.0 Å². The molecule has 1 aliphatic heterocycles. The second-order valence-electron chi connectivity index (χ2n) is 7.22. The number of aromatic nitrogens is 2. The van der Waals surface area contributed by atoms with Crippen LogP contribution in [-0.4, -0.2) is 67.0 Å². The van der Waals surface area contributed by atoms with Crippen molar-refractivity contribution in [2.75, 3.05) is 33.3 Å². The van der Waals surface area contributed by atoms with Gasteiger partial charge in [0.2, 0.25) is 15.9 Å². The summed E-state index contributed by atoms with van der Waals surface area (Å²) in [6.45, 7) is 7.02. The summed E-state index contributed by atoms with van der Waals surface area (Å²) >= 11 is 0.